The van der Waals surface area contributed by atoms with Crippen LogP contribution in [0.4, 0.5) is 4.39 Å². The SMILES string of the molecule is CC(C)(C)SCC(N)Cc1ccc(F)cc1Cl. The zero-order valence-corrected chi connectivity index (χ0v) is 12.0. The van der Waals surface area contributed by atoms with Crippen molar-refractivity contribution in [2.24, 2.45) is 5.73 Å². The highest BCUT2D eigenvalue weighted by molar-refractivity contribution is 8.00. The van der Waals surface area contributed by atoms with E-state index in [-0.39, 0.29) is 16.6 Å². The second kappa shape index (κ2) is 6.07. The largest absolute Gasteiger partial charge is 0.327 e. The van der Waals surface area contributed by atoms with Crippen LogP contribution in [0.2, 0.25) is 5.02 Å². The van der Waals surface area contributed by atoms with Gasteiger partial charge in [-0.1, -0.05) is 38.4 Å². The molecule has 0 saturated heterocycles. The van der Waals surface area contributed by atoms with E-state index in [0.29, 0.717) is 11.4 Å². The van der Waals surface area contributed by atoms with Gasteiger partial charge >= 0.3 is 0 Å². The van der Waals surface area contributed by atoms with Crippen molar-refractivity contribution < 1.29 is 4.39 Å². The van der Waals surface area contributed by atoms with Crippen molar-refractivity contribution in [3.05, 3.63) is 34.6 Å². The lowest BCUT2D eigenvalue weighted by Crippen LogP contribution is -2.28. The van der Waals surface area contributed by atoms with E-state index in [1.807, 2.05) is 11.8 Å². The molecule has 0 heterocycles. The van der Waals surface area contributed by atoms with Gasteiger partial charge in [0.1, 0.15) is 5.82 Å². The van der Waals surface area contributed by atoms with Gasteiger partial charge in [0.2, 0.25) is 0 Å². The summed E-state index contributed by atoms with van der Waals surface area (Å²) >= 11 is 7.79. The Balaban J connectivity index is 2.53. The van der Waals surface area contributed by atoms with E-state index in [2.05, 4.69) is 20.8 Å². The molecule has 0 bridgehead atoms. The fourth-order valence-electron chi connectivity index (χ4n) is 1.39. The van der Waals surface area contributed by atoms with Crippen molar-refractivity contribution in [3.63, 3.8) is 0 Å². The molecule has 0 radical (unpaired) electrons. The van der Waals surface area contributed by atoms with Crippen molar-refractivity contribution in [1.82, 2.24) is 0 Å². The predicted octanol–water partition coefficient (Wildman–Crippen LogP) is 3.88. The number of benzene rings is 1. The molecule has 0 fully saturated rings. The number of halogens is 2. The number of hydrogen-bond donors (Lipinski definition) is 1. The molecular formula is C13H19ClFNS. The summed E-state index contributed by atoms with van der Waals surface area (Å²) in [5.74, 6) is 0.563. The first-order valence-corrected chi connectivity index (χ1v) is 6.98. The predicted molar refractivity (Wildman–Crippen MR) is 75.3 cm³/mol. The molecule has 0 aromatic heterocycles. The minimum atomic E-state index is -0.309. The molecule has 0 spiro atoms. The van der Waals surface area contributed by atoms with E-state index < -0.39 is 0 Å². The molecule has 1 aromatic carbocycles. The molecule has 4 heteroatoms. The Hall–Kier alpha value is -0.250. The summed E-state index contributed by atoms with van der Waals surface area (Å²) in [6.07, 6.45) is 0.683. The van der Waals surface area contributed by atoms with Crippen molar-refractivity contribution in [1.29, 1.82) is 0 Å². The quantitative estimate of drug-likeness (QED) is 0.902. The molecule has 2 N–H and O–H groups in total. The summed E-state index contributed by atoms with van der Waals surface area (Å²) in [4.78, 5) is 0. The monoisotopic (exact) mass is 275 g/mol. The Morgan fingerprint density at radius 2 is 2.06 bits per heavy atom. The molecule has 1 rings (SSSR count). The first kappa shape index (κ1) is 14.8. The van der Waals surface area contributed by atoms with Gasteiger partial charge in [-0.2, -0.15) is 11.8 Å². The first-order valence-electron chi connectivity index (χ1n) is 5.61. The average molecular weight is 276 g/mol. The van der Waals surface area contributed by atoms with Gasteiger partial charge in [-0.3, -0.25) is 0 Å². The van der Waals surface area contributed by atoms with Crippen molar-refractivity contribution >= 4 is 23.4 Å². The lowest BCUT2D eigenvalue weighted by molar-refractivity contribution is 0.626. The summed E-state index contributed by atoms with van der Waals surface area (Å²) < 4.78 is 13.1. The van der Waals surface area contributed by atoms with E-state index in [0.717, 1.165) is 11.3 Å². The van der Waals surface area contributed by atoms with Crippen LogP contribution in [0, 0.1) is 5.82 Å². The number of thioether (sulfide) groups is 1. The average Bonchev–Trinajstić information content (AvgIpc) is 2.18. The summed E-state index contributed by atoms with van der Waals surface area (Å²) in [5, 5.41) is 0.459. The fourth-order valence-corrected chi connectivity index (χ4v) is 2.46. The lowest BCUT2D eigenvalue weighted by atomic mass is 10.1. The second-order valence-electron chi connectivity index (χ2n) is 5.12. The zero-order chi connectivity index (χ0) is 13.1. The third-order valence-electron chi connectivity index (χ3n) is 2.23. The molecule has 1 nitrogen and oxygen atoms in total. The normalized spacial score (nSPS) is 13.8. The highest BCUT2D eigenvalue weighted by Gasteiger charge is 2.14. The number of rotatable bonds is 4. The highest BCUT2D eigenvalue weighted by Crippen LogP contribution is 2.25. The maximum atomic E-state index is 12.9. The smallest absolute Gasteiger partial charge is 0.124 e. The Morgan fingerprint density at radius 1 is 1.41 bits per heavy atom. The molecule has 17 heavy (non-hydrogen) atoms. The summed E-state index contributed by atoms with van der Waals surface area (Å²) in [6.45, 7) is 6.49. The van der Waals surface area contributed by atoms with Gasteiger partial charge in [-0.25, -0.2) is 4.39 Å². The summed E-state index contributed by atoms with van der Waals surface area (Å²) in [7, 11) is 0. The second-order valence-corrected chi connectivity index (χ2v) is 7.38. The summed E-state index contributed by atoms with van der Waals surface area (Å²) in [5.41, 5.74) is 6.96. The van der Waals surface area contributed by atoms with Crippen LogP contribution in [0.25, 0.3) is 0 Å². The van der Waals surface area contributed by atoms with Crippen molar-refractivity contribution in [2.45, 2.75) is 38.0 Å². The zero-order valence-electron chi connectivity index (χ0n) is 10.5. The molecule has 1 unspecified atom stereocenters. The van der Waals surface area contributed by atoms with Crippen LogP contribution >= 0.6 is 23.4 Å². The van der Waals surface area contributed by atoms with E-state index in [4.69, 9.17) is 17.3 Å². The van der Waals surface area contributed by atoms with Crippen LogP contribution in [-0.4, -0.2) is 16.5 Å². The van der Waals surface area contributed by atoms with Crippen molar-refractivity contribution in [3.8, 4) is 0 Å². The van der Waals surface area contributed by atoms with Crippen LogP contribution in [0.3, 0.4) is 0 Å². The van der Waals surface area contributed by atoms with Crippen LogP contribution < -0.4 is 5.73 Å². The molecule has 96 valence electrons. The number of nitrogens with two attached hydrogens (primary N) is 1. The molecule has 0 aliphatic rings. The molecule has 1 aromatic rings. The summed E-state index contributed by atoms with van der Waals surface area (Å²) in [6, 6.07) is 4.51. The van der Waals surface area contributed by atoms with E-state index >= 15 is 0 Å². The molecule has 0 saturated carbocycles. The standard InChI is InChI=1S/C13H19ClFNS/c1-13(2,3)17-8-11(16)6-9-4-5-10(15)7-12(9)14/h4-5,7,11H,6,8,16H2,1-3H3. The maximum Gasteiger partial charge on any atom is 0.124 e. The Labute approximate surface area is 112 Å². The maximum absolute atomic E-state index is 12.9. The van der Waals surface area contributed by atoms with Gasteiger partial charge in [0.25, 0.3) is 0 Å². The molecule has 0 amide bonds. The van der Waals surface area contributed by atoms with Crippen LogP contribution in [0.15, 0.2) is 18.2 Å². The van der Waals surface area contributed by atoms with E-state index in [1.54, 1.807) is 6.07 Å². The lowest BCUT2D eigenvalue weighted by Gasteiger charge is -2.20. The first-order chi connectivity index (χ1) is 7.78. The third kappa shape index (κ3) is 5.75. The minimum absolute atomic E-state index is 0.0437. The fraction of sp³-hybridized carbons (Fsp3) is 0.538. The van der Waals surface area contributed by atoms with Crippen LogP contribution in [-0.2, 0) is 6.42 Å². The number of hydrogen-bond acceptors (Lipinski definition) is 2. The molecule has 0 aliphatic carbocycles. The Bertz CT molecular complexity index is 376. The minimum Gasteiger partial charge on any atom is -0.327 e. The van der Waals surface area contributed by atoms with Gasteiger partial charge in [-0.05, 0) is 24.1 Å². The van der Waals surface area contributed by atoms with Gasteiger partial charge in [0.05, 0.1) is 0 Å². The molecule has 0 aliphatic heterocycles. The Morgan fingerprint density at radius 3 is 2.59 bits per heavy atom. The Kier molecular flexibility index (Phi) is 5.29. The van der Waals surface area contributed by atoms with Gasteiger partial charge in [0, 0.05) is 21.6 Å². The topological polar surface area (TPSA) is 26.0 Å². The van der Waals surface area contributed by atoms with Crippen molar-refractivity contribution in [2.75, 3.05) is 5.75 Å². The van der Waals surface area contributed by atoms with Gasteiger partial charge in [-0.15, -0.1) is 0 Å². The molecule has 1 atom stereocenters. The van der Waals surface area contributed by atoms with E-state index in [1.165, 1.54) is 12.1 Å². The highest BCUT2D eigenvalue weighted by atomic mass is 35.5. The van der Waals surface area contributed by atoms with Gasteiger partial charge < -0.3 is 5.73 Å². The third-order valence-corrected chi connectivity index (χ3v) is 4.04. The van der Waals surface area contributed by atoms with E-state index in [9.17, 15) is 4.39 Å². The molecular weight excluding hydrogens is 257 g/mol. The van der Waals surface area contributed by atoms with Crippen LogP contribution in [0.5, 0.6) is 0 Å². The van der Waals surface area contributed by atoms with Crippen LogP contribution in [0.1, 0.15) is 26.3 Å². The van der Waals surface area contributed by atoms with Gasteiger partial charge in [0.15, 0.2) is 0 Å².